The molecule has 1 N–H and O–H groups in total. The summed E-state index contributed by atoms with van der Waals surface area (Å²) < 4.78 is 38.6. The number of hydrogen-bond donors (Lipinski definition) is 1. The Bertz CT molecular complexity index is 1270. The summed E-state index contributed by atoms with van der Waals surface area (Å²) in [6.45, 7) is 2.10. The van der Waals surface area contributed by atoms with Crippen molar-refractivity contribution in [1.29, 1.82) is 0 Å². The van der Waals surface area contributed by atoms with Crippen molar-refractivity contribution in [3.05, 3.63) is 96.0 Å². The molecular weight excluding hydrogens is 431 g/mol. The summed E-state index contributed by atoms with van der Waals surface area (Å²) in [5, 5.41) is 2.76. The summed E-state index contributed by atoms with van der Waals surface area (Å²) in [7, 11) is 0. The van der Waals surface area contributed by atoms with Gasteiger partial charge in [0.05, 0.1) is 5.69 Å². The summed E-state index contributed by atoms with van der Waals surface area (Å²) in [5.41, 5.74) is 3.34. The molecule has 9 heteroatoms. The van der Waals surface area contributed by atoms with Crippen LogP contribution in [0.25, 0.3) is 22.4 Å². The van der Waals surface area contributed by atoms with E-state index in [0.29, 0.717) is 16.8 Å². The molecule has 6 nitrogen and oxygen atoms in total. The number of aryl methyl sites for hydroxylation is 1. The topological polar surface area (TPSA) is 80.7 Å². The van der Waals surface area contributed by atoms with Crippen LogP contribution in [0.3, 0.4) is 0 Å². The average molecular weight is 449 g/mol. The first-order valence-corrected chi connectivity index (χ1v) is 9.96. The summed E-state index contributed by atoms with van der Waals surface area (Å²) in [4.78, 5) is 28.5. The van der Waals surface area contributed by atoms with Gasteiger partial charge >= 0.3 is 6.18 Å². The van der Waals surface area contributed by atoms with Gasteiger partial charge in [0, 0.05) is 53.7 Å². The second-order valence-electron chi connectivity index (χ2n) is 7.23. The lowest BCUT2D eigenvalue weighted by molar-refractivity contribution is -0.141. The third-order valence-corrected chi connectivity index (χ3v) is 4.94. The Kier molecular flexibility index (Phi) is 6.12. The maximum atomic E-state index is 12.9. The number of nitrogens with one attached hydrogen (secondary N) is 1. The van der Waals surface area contributed by atoms with Crippen LogP contribution in [0.5, 0.6) is 0 Å². The molecule has 0 aliphatic heterocycles. The molecular formula is C24H18F3N5O. The molecule has 33 heavy (non-hydrogen) atoms. The standard InChI is InChI=1S/C24H18F3N5O/c1-15-19(3-2-9-28-15)18-5-7-21(31-14-18)23(33)32-13-16-4-6-20(30-12-16)17-8-10-29-22(11-17)24(25,26)27/h2-12,14H,13H2,1H3,(H,32,33). The number of amides is 1. The summed E-state index contributed by atoms with van der Waals surface area (Å²) >= 11 is 0. The fourth-order valence-corrected chi connectivity index (χ4v) is 3.19. The predicted octanol–water partition coefficient (Wildman–Crippen LogP) is 4.86. The molecule has 0 saturated carbocycles. The van der Waals surface area contributed by atoms with E-state index in [1.165, 1.54) is 12.3 Å². The van der Waals surface area contributed by atoms with E-state index in [1.54, 1.807) is 30.6 Å². The molecule has 0 spiro atoms. The lowest BCUT2D eigenvalue weighted by Gasteiger charge is -2.09. The Morgan fingerprint density at radius 1 is 0.909 bits per heavy atom. The van der Waals surface area contributed by atoms with Crippen LogP contribution in [0.15, 0.2) is 73.3 Å². The Morgan fingerprint density at radius 2 is 1.76 bits per heavy atom. The van der Waals surface area contributed by atoms with E-state index in [2.05, 4.69) is 25.3 Å². The number of pyridine rings is 4. The molecule has 4 aromatic rings. The Morgan fingerprint density at radius 3 is 2.42 bits per heavy atom. The van der Waals surface area contributed by atoms with E-state index in [4.69, 9.17) is 0 Å². The van der Waals surface area contributed by atoms with Crippen molar-refractivity contribution in [3.8, 4) is 22.4 Å². The molecule has 0 aliphatic carbocycles. The SMILES string of the molecule is Cc1ncccc1-c1ccc(C(=O)NCc2ccc(-c3ccnc(C(F)(F)F)c3)nc2)nc1. The van der Waals surface area contributed by atoms with E-state index in [0.717, 1.165) is 29.1 Å². The number of nitrogens with zero attached hydrogens (tertiary/aromatic N) is 4. The average Bonchev–Trinajstić information content (AvgIpc) is 2.83. The number of aromatic nitrogens is 4. The molecule has 166 valence electrons. The molecule has 0 bridgehead atoms. The van der Waals surface area contributed by atoms with E-state index in [-0.39, 0.29) is 18.1 Å². The smallest absolute Gasteiger partial charge is 0.347 e. The number of carbonyl (C=O) groups is 1. The van der Waals surface area contributed by atoms with Gasteiger partial charge in [-0.3, -0.25) is 24.7 Å². The fraction of sp³-hybridized carbons (Fsp3) is 0.125. The molecule has 4 rings (SSSR count). The van der Waals surface area contributed by atoms with E-state index in [1.807, 2.05) is 25.1 Å². The molecule has 0 aliphatic rings. The molecule has 0 saturated heterocycles. The highest BCUT2D eigenvalue weighted by Crippen LogP contribution is 2.30. The van der Waals surface area contributed by atoms with Crippen LogP contribution in [-0.4, -0.2) is 25.8 Å². The fourth-order valence-electron chi connectivity index (χ4n) is 3.19. The van der Waals surface area contributed by atoms with E-state index >= 15 is 0 Å². The molecule has 1 amide bonds. The first-order chi connectivity index (χ1) is 15.8. The zero-order valence-corrected chi connectivity index (χ0v) is 17.5. The lowest BCUT2D eigenvalue weighted by atomic mass is 10.1. The summed E-state index contributed by atoms with van der Waals surface area (Å²) in [6.07, 6.45) is 1.42. The molecule has 0 radical (unpaired) electrons. The molecule has 0 fully saturated rings. The maximum Gasteiger partial charge on any atom is 0.433 e. The second kappa shape index (κ2) is 9.15. The van der Waals surface area contributed by atoms with Crippen molar-refractivity contribution in [2.24, 2.45) is 0 Å². The van der Waals surface area contributed by atoms with Crippen LogP contribution in [0.2, 0.25) is 0 Å². The number of rotatable bonds is 5. The van der Waals surface area contributed by atoms with Gasteiger partial charge in [-0.15, -0.1) is 0 Å². The normalized spacial score (nSPS) is 11.3. The van der Waals surface area contributed by atoms with Crippen LogP contribution in [0, 0.1) is 6.92 Å². The van der Waals surface area contributed by atoms with E-state index < -0.39 is 11.9 Å². The van der Waals surface area contributed by atoms with Crippen LogP contribution in [0.4, 0.5) is 13.2 Å². The summed E-state index contributed by atoms with van der Waals surface area (Å²) in [6, 6.07) is 12.9. The number of carbonyl (C=O) groups excluding carboxylic acids is 1. The third kappa shape index (κ3) is 5.20. The van der Waals surface area contributed by atoms with Gasteiger partial charge in [0.1, 0.15) is 11.4 Å². The van der Waals surface area contributed by atoms with Gasteiger partial charge in [0.2, 0.25) is 0 Å². The van der Waals surface area contributed by atoms with Crippen molar-refractivity contribution in [3.63, 3.8) is 0 Å². The third-order valence-electron chi connectivity index (χ3n) is 4.94. The van der Waals surface area contributed by atoms with Crippen LogP contribution < -0.4 is 5.32 Å². The monoisotopic (exact) mass is 449 g/mol. The van der Waals surface area contributed by atoms with Gasteiger partial charge < -0.3 is 5.32 Å². The lowest BCUT2D eigenvalue weighted by Crippen LogP contribution is -2.23. The highest BCUT2D eigenvalue weighted by atomic mass is 19.4. The largest absolute Gasteiger partial charge is 0.433 e. The van der Waals surface area contributed by atoms with Crippen molar-refractivity contribution < 1.29 is 18.0 Å². The summed E-state index contributed by atoms with van der Waals surface area (Å²) in [5.74, 6) is -0.350. The number of hydrogen-bond acceptors (Lipinski definition) is 5. The van der Waals surface area contributed by atoms with Gasteiger partial charge in [-0.05, 0) is 42.8 Å². The minimum absolute atomic E-state index is 0.196. The van der Waals surface area contributed by atoms with Crippen molar-refractivity contribution in [2.75, 3.05) is 0 Å². The first-order valence-electron chi connectivity index (χ1n) is 9.96. The van der Waals surface area contributed by atoms with Gasteiger partial charge in [0.25, 0.3) is 5.91 Å². The Hall–Kier alpha value is -4.14. The zero-order chi connectivity index (χ0) is 23.4. The molecule has 0 aromatic carbocycles. The minimum atomic E-state index is -4.52. The predicted molar refractivity (Wildman–Crippen MR) is 116 cm³/mol. The van der Waals surface area contributed by atoms with Crippen molar-refractivity contribution in [2.45, 2.75) is 19.6 Å². The molecule has 4 aromatic heterocycles. The highest BCUT2D eigenvalue weighted by molar-refractivity contribution is 5.92. The van der Waals surface area contributed by atoms with Gasteiger partial charge in [-0.1, -0.05) is 18.2 Å². The molecule has 0 unspecified atom stereocenters. The van der Waals surface area contributed by atoms with Gasteiger partial charge in [-0.25, -0.2) is 0 Å². The van der Waals surface area contributed by atoms with Gasteiger partial charge in [-0.2, -0.15) is 13.2 Å². The van der Waals surface area contributed by atoms with Crippen molar-refractivity contribution in [1.82, 2.24) is 25.3 Å². The number of alkyl halides is 3. The minimum Gasteiger partial charge on any atom is -0.347 e. The van der Waals surface area contributed by atoms with Crippen LogP contribution >= 0.6 is 0 Å². The molecule has 0 atom stereocenters. The second-order valence-corrected chi connectivity index (χ2v) is 7.23. The van der Waals surface area contributed by atoms with Crippen LogP contribution in [-0.2, 0) is 12.7 Å². The quantitative estimate of drug-likeness (QED) is 0.471. The van der Waals surface area contributed by atoms with Crippen LogP contribution in [0.1, 0.15) is 27.4 Å². The molecule has 4 heterocycles. The van der Waals surface area contributed by atoms with Crippen molar-refractivity contribution >= 4 is 5.91 Å². The Labute approximate surface area is 187 Å². The Balaban J connectivity index is 1.39. The zero-order valence-electron chi connectivity index (χ0n) is 17.5. The maximum absolute atomic E-state index is 12.9. The van der Waals surface area contributed by atoms with Gasteiger partial charge in [0.15, 0.2) is 0 Å². The highest BCUT2D eigenvalue weighted by Gasteiger charge is 2.32. The number of halogens is 3. The van der Waals surface area contributed by atoms with E-state index in [9.17, 15) is 18.0 Å². The first kappa shape index (κ1) is 22.1.